The average molecular weight is 261 g/mol. The van der Waals surface area contributed by atoms with E-state index < -0.39 is 0 Å². The lowest BCUT2D eigenvalue weighted by molar-refractivity contribution is -0.0192. The molecule has 1 heterocycles. The van der Waals surface area contributed by atoms with Gasteiger partial charge >= 0.3 is 0 Å². The lowest BCUT2D eigenvalue weighted by atomic mass is 9.53. The molecule has 4 aliphatic rings. The Morgan fingerprint density at radius 3 is 2.33 bits per heavy atom. The molecule has 1 N–H and O–H groups in total. The van der Waals surface area contributed by atoms with Gasteiger partial charge in [0.25, 0.3) is 0 Å². The Morgan fingerprint density at radius 2 is 1.78 bits per heavy atom. The van der Waals surface area contributed by atoms with Gasteiger partial charge in [0.1, 0.15) is 0 Å². The minimum absolute atomic E-state index is 0.548. The van der Waals surface area contributed by atoms with Gasteiger partial charge in [-0.2, -0.15) is 0 Å². The lowest BCUT2D eigenvalue weighted by Crippen LogP contribution is -2.58. The van der Waals surface area contributed by atoms with Crippen molar-refractivity contribution >= 4 is 11.3 Å². The molecule has 98 valence electrons. The summed E-state index contributed by atoms with van der Waals surface area (Å²) in [5.74, 6) is 3.18. The molecule has 4 bridgehead atoms. The van der Waals surface area contributed by atoms with Crippen molar-refractivity contribution in [2.75, 3.05) is 6.54 Å². The van der Waals surface area contributed by atoms with E-state index in [-0.39, 0.29) is 0 Å². The summed E-state index contributed by atoms with van der Waals surface area (Å²) in [5.41, 5.74) is 0.548. The fourth-order valence-electron chi connectivity index (χ4n) is 5.23. The van der Waals surface area contributed by atoms with Crippen molar-refractivity contribution in [2.24, 2.45) is 17.8 Å². The Morgan fingerprint density at radius 1 is 1.11 bits per heavy atom. The molecular formula is C16H23NS. The third-order valence-electron chi connectivity index (χ3n) is 5.49. The molecule has 5 rings (SSSR count). The molecule has 0 unspecified atom stereocenters. The first-order valence-corrected chi connectivity index (χ1v) is 8.47. The normalized spacial score (nSPS) is 41.4. The molecule has 0 saturated heterocycles. The minimum Gasteiger partial charge on any atom is -0.311 e. The van der Waals surface area contributed by atoms with Crippen LogP contribution in [-0.4, -0.2) is 12.1 Å². The zero-order chi connectivity index (χ0) is 12.0. The van der Waals surface area contributed by atoms with Crippen molar-refractivity contribution in [3.05, 3.63) is 22.4 Å². The van der Waals surface area contributed by atoms with Crippen LogP contribution in [0, 0.1) is 17.8 Å². The molecule has 18 heavy (non-hydrogen) atoms. The summed E-state index contributed by atoms with van der Waals surface area (Å²) in [6.45, 7) is 1.19. The fraction of sp³-hybridized carbons (Fsp3) is 0.750. The predicted molar refractivity (Wildman–Crippen MR) is 76.9 cm³/mol. The molecule has 0 atom stereocenters. The van der Waals surface area contributed by atoms with Gasteiger partial charge in [0.05, 0.1) is 0 Å². The maximum atomic E-state index is 3.97. The first kappa shape index (κ1) is 11.5. The molecule has 0 radical (unpaired) electrons. The second-order valence-electron chi connectivity index (χ2n) is 6.95. The Balaban J connectivity index is 1.39. The van der Waals surface area contributed by atoms with Gasteiger partial charge in [0.2, 0.25) is 0 Å². The van der Waals surface area contributed by atoms with E-state index in [2.05, 4.69) is 22.8 Å². The van der Waals surface area contributed by atoms with Gasteiger partial charge < -0.3 is 5.32 Å². The van der Waals surface area contributed by atoms with Gasteiger partial charge in [-0.1, -0.05) is 6.07 Å². The Kier molecular flexibility index (Phi) is 2.77. The van der Waals surface area contributed by atoms with Gasteiger partial charge in [-0.15, -0.1) is 11.3 Å². The van der Waals surface area contributed by atoms with E-state index in [0.29, 0.717) is 5.54 Å². The van der Waals surface area contributed by atoms with E-state index in [0.717, 1.165) is 17.8 Å². The third-order valence-corrected chi connectivity index (χ3v) is 6.43. The second kappa shape index (κ2) is 4.35. The molecule has 4 aliphatic carbocycles. The van der Waals surface area contributed by atoms with Gasteiger partial charge in [-0.05, 0) is 74.1 Å². The molecular weight excluding hydrogens is 238 g/mol. The third kappa shape index (κ3) is 2.04. The van der Waals surface area contributed by atoms with E-state index in [1.165, 1.54) is 37.1 Å². The summed E-state index contributed by atoms with van der Waals surface area (Å²) in [6, 6.07) is 4.44. The monoisotopic (exact) mass is 261 g/mol. The van der Waals surface area contributed by atoms with E-state index in [4.69, 9.17) is 0 Å². The molecule has 2 heteroatoms. The zero-order valence-electron chi connectivity index (χ0n) is 11.0. The molecule has 1 nitrogen and oxygen atoms in total. The quantitative estimate of drug-likeness (QED) is 0.868. The van der Waals surface area contributed by atoms with Crippen molar-refractivity contribution in [3.8, 4) is 0 Å². The zero-order valence-corrected chi connectivity index (χ0v) is 11.8. The number of hydrogen-bond donors (Lipinski definition) is 1. The van der Waals surface area contributed by atoms with Crippen molar-refractivity contribution in [1.82, 2.24) is 5.32 Å². The van der Waals surface area contributed by atoms with Gasteiger partial charge in [-0.25, -0.2) is 0 Å². The summed E-state index contributed by atoms with van der Waals surface area (Å²) < 4.78 is 0. The summed E-state index contributed by atoms with van der Waals surface area (Å²) in [4.78, 5) is 1.53. The molecule has 4 saturated carbocycles. The van der Waals surface area contributed by atoms with E-state index in [1.54, 1.807) is 19.3 Å². The first-order chi connectivity index (χ1) is 8.81. The average Bonchev–Trinajstić information content (AvgIpc) is 2.79. The van der Waals surface area contributed by atoms with Gasteiger partial charge in [-0.3, -0.25) is 0 Å². The highest BCUT2D eigenvalue weighted by Crippen LogP contribution is 2.55. The van der Waals surface area contributed by atoms with Crippen LogP contribution >= 0.6 is 11.3 Å². The van der Waals surface area contributed by atoms with Crippen LogP contribution in [0.4, 0.5) is 0 Å². The smallest absolute Gasteiger partial charge is 0.0189 e. The molecule has 1 aromatic rings. The molecule has 1 aromatic heterocycles. The van der Waals surface area contributed by atoms with Gasteiger partial charge in [0, 0.05) is 17.0 Å². The second-order valence-corrected chi connectivity index (χ2v) is 7.99. The molecule has 0 amide bonds. The molecule has 0 aliphatic heterocycles. The standard InChI is InChI=1S/C16H23NS/c1-2-15(18-5-1)3-4-17-16-9-12-6-13(10-16)8-14(7-12)11-16/h1-2,5,12-14,17H,3-4,6-11H2. The van der Waals surface area contributed by atoms with Crippen LogP contribution in [0.1, 0.15) is 43.4 Å². The SMILES string of the molecule is c1csc(CCNC23CC4CC(CC(C4)C2)C3)c1. The van der Waals surface area contributed by atoms with Gasteiger partial charge in [0.15, 0.2) is 0 Å². The lowest BCUT2D eigenvalue weighted by Gasteiger charge is -2.57. The predicted octanol–water partition coefficient (Wildman–Crippen LogP) is 3.85. The van der Waals surface area contributed by atoms with E-state index in [1.807, 2.05) is 11.3 Å². The van der Waals surface area contributed by atoms with Crippen LogP contribution in [0.15, 0.2) is 17.5 Å². The molecule has 0 aromatic carbocycles. The van der Waals surface area contributed by atoms with E-state index >= 15 is 0 Å². The topological polar surface area (TPSA) is 12.0 Å². The summed E-state index contributed by atoms with van der Waals surface area (Å²) in [6.07, 6.45) is 10.3. The summed E-state index contributed by atoms with van der Waals surface area (Å²) >= 11 is 1.90. The van der Waals surface area contributed by atoms with Crippen LogP contribution in [0.3, 0.4) is 0 Å². The highest BCUT2D eigenvalue weighted by molar-refractivity contribution is 7.09. The fourth-order valence-corrected chi connectivity index (χ4v) is 5.94. The maximum Gasteiger partial charge on any atom is 0.0189 e. The Hall–Kier alpha value is -0.340. The van der Waals surface area contributed by atoms with Crippen molar-refractivity contribution < 1.29 is 0 Å². The van der Waals surface area contributed by atoms with Crippen LogP contribution < -0.4 is 5.32 Å². The molecule has 0 spiro atoms. The van der Waals surface area contributed by atoms with Crippen LogP contribution in [0.2, 0.25) is 0 Å². The number of rotatable bonds is 4. The Labute approximate surface area is 114 Å². The number of nitrogens with one attached hydrogen (secondary N) is 1. The van der Waals surface area contributed by atoms with Crippen molar-refractivity contribution in [1.29, 1.82) is 0 Å². The highest BCUT2D eigenvalue weighted by Gasteiger charge is 2.50. The largest absolute Gasteiger partial charge is 0.311 e. The van der Waals surface area contributed by atoms with Crippen molar-refractivity contribution in [3.63, 3.8) is 0 Å². The Bertz CT molecular complexity index is 373. The minimum atomic E-state index is 0.548. The van der Waals surface area contributed by atoms with Crippen LogP contribution in [0.5, 0.6) is 0 Å². The van der Waals surface area contributed by atoms with Crippen LogP contribution in [-0.2, 0) is 6.42 Å². The number of thiophene rings is 1. The summed E-state index contributed by atoms with van der Waals surface area (Å²) in [5, 5.41) is 6.17. The van der Waals surface area contributed by atoms with Crippen molar-refractivity contribution in [2.45, 2.75) is 50.5 Å². The summed E-state index contributed by atoms with van der Waals surface area (Å²) in [7, 11) is 0. The molecule has 4 fully saturated rings. The van der Waals surface area contributed by atoms with Crippen LogP contribution in [0.25, 0.3) is 0 Å². The van der Waals surface area contributed by atoms with E-state index in [9.17, 15) is 0 Å². The maximum absolute atomic E-state index is 3.97. The number of hydrogen-bond acceptors (Lipinski definition) is 2. The highest BCUT2D eigenvalue weighted by atomic mass is 32.1. The first-order valence-electron chi connectivity index (χ1n) is 7.59.